The fraction of sp³-hybridized carbons (Fsp3) is 0.400. The molecule has 0 bridgehead atoms. The maximum absolute atomic E-state index is 13.7. The van der Waals surface area contributed by atoms with Crippen molar-refractivity contribution in [2.75, 3.05) is 20.8 Å². The number of methoxy groups -OCH3 is 2. The Morgan fingerprint density at radius 1 is 1.19 bits per heavy atom. The molecule has 2 N–H and O–H groups in total. The predicted octanol–water partition coefficient (Wildman–Crippen LogP) is 1.41. The van der Waals surface area contributed by atoms with Gasteiger partial charge in [-0.25, -0.2) is 10.3 Å². The number of rotatable bonds is 5. The first-order chi connectivity index (χ1) is 7.65. The van der Waals surface area contributed by atoms with Gasteiger partial charge in [-0.2, -0.15) is 4.39 Å². The Morgan fingerprint density at radius 3 is 2.38 bits per heavy atom. The van der Waals surface area contributed by atoms with Crippen LogP contribution in [0.5, 0.6) is 11.5 Å². The highest BCUT2D eigenvalue weighted by molar-refractivity contribution is 5.42. The van der Waals surface area contributed by atoms with Crippen molar-refractivity contribution in [2.24, 2.45) is 5.90 Å². The molecule has 0 aliphatic carbocycles. The van der Waals surface area contributed by atoms with E-state index in [0.29, 0.717) is 0 Å². The van der Waals surface area contributed by atoms with Crippen LogP contribution in [-0.4, -0.2) is 20.8 Å². The minimum Gasteiger partial charge on any atom is -0.494 e. The lowest BCUT2D eigenvalue weighted by atomic mass is 10.1. The molecule has 0 fully saturated rings. The molecular weight excluding hydrogens is 220 g/mol. The molecule has 0 saturated heterocycles. The summed E-state index contributed by atoms with van der Waals surface area (Å²) in [6.07, 6.45) is 0.204. The van der Waals surface area contributed by atoms with Crippen LogP contribution in [0.25, 0.3) is 0 Å². The molecule has 0 spiro atoms. The first kappa shape index (κ1) is 12.7. The first-order valence-electron chi connectivity index (χ1n) is 4.56. The Morgan fingerprint density at radius 2 is 1.88 bits per heavy atom. The maximum Gasteiger partial charge on any atom is 0.209 e. The monoisotopic (exact) mass is 233 g/mol. The third kappa shape index (κ3) is 2.40. The molecule has 0 aliphatic rings. The summed E-state index contributed by atoms with van der Waals surface area (Å²) in [5, 5.41) is 0. The van der Waals surface area contributed by atoms with Gasteiger partial charge in [0.05, 0.1) is 20.8 Å². The van der Waals surface area contributed by atoms with E-state index >= 15 is 0 Å². The number of hydrogen-bond donors (Lipinski definition) is 1. The zero-order valence-corrected chi connectivity index (χ0v) is 9.05. The van der Waals surface area contributed by atoms with E-state index in [1.807, 2.05) is 0 Å². The van der Waals surface area contributed by atoms with Crippen LogP contribution in [0.1, 0.15) is 5.56 Å². The van der Waals surface area contributed by atoms with Gasteiger partial charge >= 0.3 is 0 Å². The Balaban J connectivity index is 3.18. The van der Waals surface area contributed by atoms with Crippen molar-refractivity contribution in [3.63, 3.8) is 0 Å². The SMILES string of the molecule is COc1cc(CCON)c(F)c(OC)c1F. The third-order valence-corrected chi connectivity index (χ3v) is 2.12. The second-order valence-electron chi connectivity index (χ2n) is 3.02. The van der Waals surface area contributed by atoms with Crippen molar-refractivity contribution in [1.29, 1.82) is 0 Å². The molecule has 1 aromatic carbocycles. The fourth-order valence-corrected chi connectivity index (χ4v) is 1.32. The van der Waals surface area contributed by atoms with Gasteiger partial charge in [-0.15, -0.1) is 0 Å². The zero-order chi connectivity index (χ0) is 12.1. The van der Waals surface area contributed by atoms with E-state index in [4.69, 9.17) is 10.6 Å². The second-order valence-corrected chi connectivity index (χ2v) is 3.02. The van der Waals surface area contributed by atoms with Gasteiger partial charge in [0.15, 0.2) is 17.3 Å². The van der Waals surface area contributed by atoms with Crippen LogP contribution in [0.3, 0.4) is 0 Å². The zero-order valence-electron chi connectivity index (χ0n) is 9.05. The molecule has 0 amide bonds. The van der Waals surface area contributed by atoms with Crippen molar-refractivity contribution in [2.45, 2.75) is 6.42 Å². The Kier molecular flexibility index (Phi) is 4.45. The van der Waals surface area contributed by atoms with E-state index in [0.717, 1.165) is 0 Å². The summed E-state index contributed by atoms with van der Waals surface area (Å²) in [6, 6.07) is 1.26. The number of nitrogens with two attached hydrogens (primary N) is 1. The first-order valence-corrected chi connectivity index (χ1v) is 4.56. The summed E-state index contributed by atoms with van der Waals surface area (Å²) >= 11 is 0. The van der Waals surface area contributed by atoms with Crippen LogP contribution in [0.15, 0.2) is 6.07 Å². The van der Waals surface area contributed by atoms with Gasteiger partial charge in [0.2, 0.25) is 5.82 Å². The molecule has 0 heterocycles. The molecule has 0 radical (unpaired) electrons. The molecule has 6 heteroatoms. The summed E-state index contributed by atoms with van der Waals surface area (Å²) in [5.41, 5.74) is 0.223. The summed E-state index contributed by atoms with van der Waals surface area (Å²) in [4.78, 5) is 4.34. The number of halogens is 2. The molecule has 90 valence electrons. The van der Waals surface area contributed by atoms with Crippen LogP contribution in [0, 0.1) is 11.6 Å². The molecule has 0 unspecified atom stereocenters. The Bertz CT molecular complexity index is 372. The molecule has 1 aromatic rings. The number of hydrogen-bond acceptors (Lipinski definition) is 4. The molecule has 0 atom stereocenters. The van der Waals surface area contributed by atoms with Crippen molar-refractivity contribution in [3.05, 3.63) is 23.3 Å². The molecule has 0 aromatic heterocycles. The van der Waals surface area contributed by atoms with Gasteiger partial charge < -0.3 is 14.3 Å². The van der Waals surface area contributed by atoms with E-state index in [1.165, 1.54) is 20.3 Å². The Hall–Kier alpha value is -1.40. The minimum absolute atomic E-state index is 0.0785. The van der Waals surface area contributed by atoms with Crippen LogP contribution >= 0.6 is 0 Å². The molecule has 4 nitrogen and oxygen atoms in total. The smallest absolute Gasteiger partial charge is 0.209 e. The van der Waals surface area contributed by atoms with Gasteiger partial charge in [-0.3, -0.25) is 0 Å². The standard InChI is InChI=1S/C10H13F2NO3/c1-14-7-5-6(3-4-16-13)8(11)10(15-2)9(7)12/h5H,3-4,13H2,1-2H3. The second kappa shape index (κ2) is 5.62. The quantitative estimate of drug-likeness (QED) is 0.781. The highest BCUT2D eigenvalue weighted by Gasteiger charge is 2.19. The lowest BCUT2D eigenvalue weighted by Gasteiger charge is -2.11. The summed E-state index contributed by atoms with van der Waals surface area (Å²) in [6.45, 7) is 0.120. The van der Waals surface area contributed by atoms with Crippen LogP contribution in [0.2, 0.25) is 0 Å². The normalized spacial score (nSPS) is 10.3. The Labute approximate surface area is 91.9 Å². The minimum atomic E-state index is -0.861. The van der Waals surface area contributed by atoms with Crippen molar-refractivity contribution in [3.8, 4) is 11.5 Å². The van der Waals surface area contributed by atoms with Crippen molar-refractivity contribution in [1.82, 2.24) is 0 Å². The topological polar surface area (TPSA) is 53.7 Å². The molecule has 1 rings (SSSR count). The largest absolute Gasteiger partial charge is 0.494 e. The van der Waals surface area contributed by atoms with Gasteiger partial charge in [-0.05, 0) is 11.6 Å². The number of benzene rings is 1. The predicted molar refractivity (Wildman–Crippen MR) is 53.3 cm³/mol. The van der Waals surface area contributed by atoms with E-state index in [-0.39, 0.29) is 24.3 Å². The lowest BCUT2D eigenvalue weighted by molar-refractivity contribution is 0.140. The molecule has 16 heavy (non-hydrogen) atoms. The summed E-state index contributed by atoms with van der Waals surface area (Å²) in [5.74, 6) is 2.67. The molecule has 0 aliphatic heterocycles. The van der Waals surface area contributed by atoms with Gasteiger partial charge in [0, 0.05) is 6.42 Å². The fourth-order valence-electron chi connectivity index (χ4n) is 1.32. The van der Waals surface area contributed by atoms with Crippen molar-refractivity contribution < 1.29 is 23.1 Å². The van der Waals surface area contributed by atoms with E-state index < -0.39 is 17.4 Å². The number of ether oxygens (including phenoxy) is 2. The molecular formula is C10H13F2NO3. The lowest BCUT2D eigenvalue weighted by Crippen LogP contribution is -2.07. The van der Waals surface area contributed by atoms with Crippen LogP contribution in [-0.2, 0) is 11.3 Å². The summed E-state index contributed by atoms with van der Waals surface area (Å²) < 4.78 is 36.6. The average Bonchev–Trinajstić information content (AvgIpc) is 2.29. The van der Waals surface area contributed by atoms with E-state index in [9.17, 15) is 8.78 Å². The summed E-state index contributed by atoms with van der Waals surface area (Å²) in [7, 11) is 2.48. The van der Waals surface area contributed by atoms with Gasteiger partial charge in [0.25, 0.3) is 0 Å². The van der Waals surface area contributed by atoms with E-state index in [2.05, 4.69) is 9.57 Å². The average molecular weight is 233 g/mol. The van der Waals surface area contributed by atoms with E-state index in [1.54, 1.807) is 0 Å². The van der Waals surface area contributed by atoms with Gasteiger partial charge in [0.1, 0.15) is 0 Å². The third-order valence-electron chi connectivity index (χ3n) is 2.12. The van der Waals surface area contributed by atoms with Crippen LogP contribution in [0.4, 0.5) is 8.78 Å². The van der Waals surface area contributed by atoms with Gasteiger partial charge in [-0.1, -0.05) is 0 Å². The highest BCUT2D eigenvalue weighted by atomic mass is 19.1. The molecule has 0 saturated carbocycles. The van der Waals surface area contributed by atoms with Crippen LogP contribution < -0.4 is 15.4 Å². The maximum atomic E-state index is 13.7. The highest BCUT2D eigenvalue weighted by Crippen LogP contribution is 2.32. The van der Waals surface area contributed by atoms with Crippen molar-refractivity contribution >= 4 is 0 Å².